The van der Waals surface area contributed by atoms with Crippen LogP contribution in [-0.4, -0.2) is 44.1 Å². The van der Waals surface area contributed by atoms with Crippen LogP contribution in [0.15, 0.2) is 43.1 Å². The smallest absolute Gasteiger partial charge is 0.256 e. The Balaban J connectivity index is 1.43. The average Bonchev–Trinajstić information content (AvgIpc) is 3.02. The molecule has 1 aromatic carbocycles. The van der Waals surface area contributed by atoms with Crippen molar-refractivity contribution in [1.29, 1.82) is 0 Å². The van der Waals surface area contributed by atoms with Gasteiger partial charge in [-0.25, -0.2) is 9.97 Å². The van der Waals surface area contributed by atoms with Gasteiger partial charge >= 0.3 is 0 Å². The molecule has 0 aliphatic carbocycles. The summed E-state index contributed by atoms with van der Waals surface area (Å²) >= 11 is 0. The van der Waals surface area contributed by atoms with Crippen molar-refractivity contribution in [1.82, 2.24) is 25.1 Å². The predicted molar refractivity (Wildman–Crippen MR) is 95.1 cm³/mol. The summed E-state index contributed by atoms with van der Waals surface area (Å²) in [5, 5.41) is 8.40. The Morgan fingerprint density at radius 3 is 2.92 bits per heavy atom. The van der Waals surface area contributed by atoms with E-state index in [4.69, 9.17) is 0 Å². The minimum absolute atomic E-state index is 0.0400. The molecule has 1 aliphatic rings. The number of carbonyl (C=O) groups excluding carboxylic acids is 1. The molecule has 1 aliphatic heterocycles. The molecule has 3 aromatic rings. The van der Waals surface area contributed by atoms with Gasteiger partial charge in [-0.1, -0.05) is 12.1 Å². The molecule has 2 aromatic heterocycles. The average molecular weight is 335 g/mol. The SMILES string of the molecule is O=C(c1cncnc1)N1CCC[C@H](Cc2cccc3[nH]ncc23)CC1. The Hall–Kier alpha value is -2.76. The molecule has 0 spiro atoms. The van der Waals surface area contributed by atoms with E-state index in [9.17, 15) is 4.79 Å². The first-order valence-corrected chi connectivity index (χ1v) is 8.76. The number of nitrogens with zero attached hydrogens (tertiary/aromatic N) is 4. The van der Waals surface area contributed by atoms with Crippen LogP contribution in [0.4, 0.5) is 0 Å². The van der Waals surface area contributed by atoms with E-state index in [0.717, 1.165) is 44.3 Å². The van der Waals surface area contributed by atoms with Crippen molar-refractivity contribution in [2.45, 2.75) is 25.7 Å². The lowest BCUT2D eigenvalue weighted by atomic mass is 9.91. The van der Waals surface area contributed by atoms with Crippen molar-refractivity contribution in [3.8, 4) is 0 Å². The Morgan fingerprint density at radius 1 is 1.16 bits per heavy atom. The minimum Gasteiger partial charge on any atom is -0.339 e. The van der Waals surface area contributed by atoms with Gasteiger partial charge in [0.25, 0.3) is 5.91 Å². The molecule has 0 unspecified atom stereocenters. The maximum atomic E-state index is 12.6. The zero-order valence-electron chi connectivity index (χ0n) is 14.1. The van der Waals surface area contributed by atoms with E-state index < -0.39 is 0 Å². The molecule has 6 nitrogen and oxygen atoms in total. The van der Waals surface area contributed by atoms with Gasteiger partial charge in [-0.15, -0.1) is 0 Å². The summed E-state index contributed by atoms with van der Waals surface area (Å²) in [5.41, 5.74) is 3.00. The lowest BCUT2D eigenvalue weighted by molar-refractivity contribution is 0.0759. The van der Waals surface area contributed by atoms with E-state index in [1.165, 1.54) is 17.3 Å². The zero-order chi connectivity index (χ0) is 17.1. The number of aromatic amines is 1. The molecule has 1 amide bonds. The standard InChI is InChI=1S/C19H21N5O/c25-19(16-10-20-13-21-11-16)24-7-2-3-14(6-8-24)9-15-4-1-5-18-17(15)12-22-23-18/h1,4-5,10-14H,2-3,6-9H2,(H,22,23)/t14-/m0/s1. The molecule has 3 heterocycles. The number of hydrogen-bond donors (Lipinski definition) is 1. The third-order valence-corrected chi connectivity index (χ3v) is 5.03. The Labute approximate surface area is 146 Å². The highest BCUT2D eigenvalue weighted by Crippen LogP contribution is 2.26. The molecule has 0 bridgehead atoms. The van der Waals surface area contributed by atoms with Gasteiger partial charge in [0.05, 0.1) is 17.3 Å². The van der Waals surface area contributed by atoms with Crippen molar-refractivity contribution in [3.05, 3.63) is 54.2 Å². The van der Waals surface area contributed by atoms with Gasteiger partial charge in [-0.05, 0) is 43.2 Å². The molecule has 4 rings (SSSR count). The number of H-pyrrole nitrogens is 1. The maximum absolute atomic E-state index is 12.6. The van der Waals surface area contributed by atoms with Gasteiger partial charge in [-0.2, -0.15) is 5.10 Å². The number of benzene rings is 1. The molecule has 0 radical (unpaired) electrons. The second-order valence-corrected chi connectivity index (χ2v) is 6.67. The van der Waals surface area contributed by atoms with Gasteiger partial charge < -0.3 is 4.90 Å². The van der Waals surface area contributed by atoms with E-state index in [0.29, 0.717) is 11.5 Å². The molecule has 0 saturated carbocycles. The van der Waals surface area contributed by atoms with Crippen LogP contribution in [0.1, 0.15) is 35.2 Å². The van der Waals surface area contributed by atoms with Crippen molar-refractivity contribution in [2.75, 3.05) is 13.1 Å². The number of nitrogens with one attached hydrogen (secondary N) is 1. The zero-order valence-corrected chi connectivity index (χ0v) is 14.1. The van der Waals surface area contributed by atoms with Crippen LogP contribution in [0.3, 0.4) is 0 Å². The fourth-order valence-electron chi connectivity index (χ4n) is 3.68. The molecule has 1 N–H and O–H groups in total. The summed E-state index contributed by atoms with van der Waals surface area (Å²) in [7, 11) is 0. The van der Waals surface area contributed by atoms with E-state index in [1.54, 1.807) is 12.4 Å². The number of carbonyl (C=O) groups is 1. The third kappa shape index (κ3) is 3.38. The topological polar surface area (TPSA) is 74.8 Å². The van der Waals surface area contributed by atoms with Crippen molar-refractivity contribution >= 4 is 16.8 Å². The molecule has 1 saturated heterocycles. The highest BCUT2D eigenvalue weighted by molar-refractivity contribution is 5.93. The second kappa shape index (κ2) is 7.01. The number of fused-ring (bicyclic) bond motifs is 1. The first kappa shape index (κ1) is 15.7. The molecule has 1 fully saturated rings. The molecule has 1 atom stereocenters. The molecular formula is C19H21N5O. The van der Waals surface area contributed by atoms with Crippen LogP contribution in [-0.2, 0) is 6.42 Å². The first-order chi connectivity index (χ1) is 12.3. The quantitative estimate of drug-likeness (QED) is 0.798. The fraction of sp³-hybridized carbons (Fsp3) is 0.368. The Kier molecular flexibility index (Phi) is 4.41. The maximum Gasteiger partial charge on any atom is 0.256 e. The van der Waals surface area contributed by atoms with Gasteiger partial charge in [0, 0.05) is 30.9 Å². The third-order valence-electron chi connectivity index (χ3n) is 5.03. The van der Waals surface area contributed by atoms with Crippen LogP contribution in [0.25, 0.3) is 10.9 Å². The normalized spacial score (nSPS) is 18.2. The van der Waals surface area contributed by atoms with E-state index in [1.807, 2.05) is 11.1 Å². The molecular weight excluding hydrogens is 314 g/mol. The molecule has 128 valence electrons. The fourth-order valence-corrected chi connectivity index (χ4v) is 3.68. The summed E-state index contributed by atoms with van der Waals surface area (Å²) in [5.74, 6) is 0.628. The summed E-state index contributed by atoms with van der Waals surface area (Å²) < 4.78 is 0. The highest BCUT2D eigenvalue weighted by atomic mass is 16.2. The van der Waals surface area contributed by atoms with Crippen LogP contribution in [0.5, 0.6) is 0 Å². The highest BCUT2D eigenvalue weighted by Gasteiger charge is 2.22. The van der Waals surface area contributed by atoms with Gasteiger partial charge in [0.2, 0.25) is 0 Å². The Bertz CT molecular complexity index is 860. The number of hydrogen-bond acceptors (Lipinski definition) is 4. The number of amides is 1. The Morgan fingerprint density at radius 2 is 2.04 bits per heavy atom. The van der Waals surface area contributed by atoms with Gasteiger partial charge in [-0.3, -0.25) is 9.89 Å². The number of likely N-dealkylation sites (tertiary alicyclic amines) is 1. The summed E-state index contributed by atoms with van der Waals surface area (Å²) in [6.45, 7) is 1.60. The summed E-state index contributed by atoms with van der Waals surface area (Å²) in [6, 6.07) is 6.33. The number of rotatable bonds is 3. The minimum atomic E-state index is 0.0400. The van der Waals surface area contributed by atoms with E-state index in [-0.39, 0.29) is 5.91 Å². The van der Waals surface area contributed by atoms with Crippen molar-refractivity contribution in [3.63, 3.8) is 0 Å². The predicted octanol–water partition coefficient (Wildman–Crippen LogP) is 2.84. The molecule has 6 heteroatoms. The van der Waals surface area contributed by atoms with Gasteiger partial charge in [0.15, 0.2) is 0 Å². The summed E-state index contributed by atoms with van der Waals surface area (Å²) in [6.07, 6.45) is 10.8. The lowest BCUT2D eigenvalue weighted by Crippen LogP contribution is -2.32. The van der Waals surface area contributed by atoms with Crippen LogP contribution in [0.2, 0.25) is 0 Å². The molecule has 25 heavy (non-hydrogen) atoms. The lowest BCUT2D eigenvalue weighted by Gasteiger charge is -2.20. The van der Waals surface area contributed by atoms with Gasteiger partial charge in [0.1, 0.15) is 6.33 Å². The van der Waals surface area contributed by atoms with Crippen LogP contribution in [0, 0.1) is 5.92 Å². The second-order valence-electron chi connectivity index (χ2n) is 6.67. The van der Waals surface area contributed by atoms with E-state index in [2.05, 4.69) is 38.4 Å². The summed E-state index contributed by atoms with van der Waals surface area (Å²) in [4.78, 5) is 22.4. The van der Waals surface area contributed by atoms with Crippen LogP contribution >= 0.6 is 0 Å². The van der Waals surface area contributed by atoms with Crippen molar-refractivity contribution in [2.24, 2.45) is 5.92 Å². The van der Waals surface area contributed by atoms with Crippen LogP contribution < -0.4 is 0 Å². The monoisotopic (exact) mass is 335 g/mol. The first-order valence-electron chi connectivity index (χ1n) is 8.76. The largest absolute Gasteiger partial charge is 0.339 e. The van der Waals surface area contributed by atoms with Crippen molar-refractivity contribution < 1.29 is 4.79 Å². The number of aromatic nitrogens is 4. The van der Waals surface area contributed by atoms with E-state index >= 15 is 0 Å².